The quantitative estimate of drug-likeness (QED) is 0.130. The normalized spacial score (nSPS) is 10.7. The Morgan fingerprint density at radius 2 is 1.39 bits per heavy atom. The number of hydrogen-bond acceptors (Lipinski definition) is 1. The Morgan fingerprint density at radius 3 is 2.08 bits per heavy atom. The van der Waals surface area contributed by atoms with Gasteiger partial charge in [-0.3, -0.25) is 4.98 Å². The zero-order chi connectivity index (χ0) is 22.7. The number of hydrogen-bond donors (Lipinski definition) is 0. The summed E-state index contributed by atoms with van der Waals surface area (Å²) in [4.78, 5) is 4.92. The van der Waals surface area contributed by atoms with E-state index in [-0.39, 0.29) is 61.2 Å². The molecule has 0 aliphatic heterocycles. The molecular formula is C32H28N2PtY. The molecule has 0 N–H and O–H groups in total. The number of nitrogens with zero attached hydrogens (tertiary/aromatic N) is 2. The molecule has 179 valence electrons. The van der Waals surface area contributed by atoms with E-state index in [0.717, 1.165) is 16.7 Å². The Labute approximate surface area is 253 Å². The number of rotatable bonds is 2. The average Bonchev–Trinajstić information content (AvgIpc) is 3.25. The van der Waals surface area contributed by atoms with Gasteiger partial charge in [-0.25, -0.2) is 0 Å². The fourth-order valence-corrected chi connectivity index (χ4v) is 5.16. The summed E-state index contributed by atoms with van der Waals surface area (Å²) in [7, 11) is 0. The molecule has 0 fully saturated rings. The summed E-state index contributed by atoms with van der Waals surface area (Å²) >= 11 is 0. The molecule has 0 bridgehead atoms. The van der Waals surface area contributed by atoms with Crippen LogP contribution in [0, 0.1) is 41.2 Å². The Kier molecular flexibility index (Phi) is 8.77. The molecule has 0 aliphatic carbocycles. The van der Waals surface area contributed by atoms with E-state index in [1.54, 1.807) is 0 Å². The summed E-state index contributed by atoms with van der Waals surface area (Å²) in [5.41, 5.74) is 12.1. The summed E-state index contributed by atoms with van der Waals surface area (Å²) in [6.07, 6.45) is 2.03. The number of aryl methyl sites for hydroxylation is 4. The molecule has 1 radical (unpaired) electrons. The predicted molar refractivity (Wildman–Crippen MR) is 145 cm³/mol. The maximum Gasteiger partial charge on any atom is 2.00 e. The van der Waals surface area contributed by atoms with Gasteiger partial charge in [-0.05, 0) is 72.5 Å². The van der Waals surface area contributed by atoms with Crippen LogP contribution < -0.4 is 0 Å². The fourth-order valence-electron chi connectivity index (χ4n) is 5.16. The van der Waals surface area contributed by atoms with E-state index < -0.39 is 0 Å². The maximum atomic E-state index is 4.92. The van der Waals surface area contributed by atoms with Crippen LogP contribution in [-0.4, -0.2) is 9.38 Å². The van der Waals surface area contributed by atoms with Crippen molar-refractivity contribution in [1.82, 2.24) is 9.38 Å². The van der Waals surface area contributed by atoms with Crippen LogP contribution in [0.15, 0.2) is 79.0 Å². The van der Waals surface area contributed by atoms with Crippen LogP contribution in [0.25, 0.3) is 49.7 Å². The van der Waals surface area contributed by atoms with Crippen molar-refractivity contribution >= 4 is 27.3 Å². The number of benzene rings is 4. The topological polar surface area (TPSA) is 17.3 Å². The van der Waals surface area contributed by atoms with Gasteiger partial charge in [-0.15, -0.1) is 29.7 Å². The van der Waals surface area contributed by atoms with E-state index in [1.165, 1.54) is 55.2 Å². The Bertz CT molecular complexity index is 1680. The summed E-state index contributed by atoms with van der Waals surface area (Å²) in [6.45, 7) is 8.78. The SMILES string of the molecule is Cc1cc2c3ccc[c-]c3c3ncc(-c4c(C)cc(-c5ccccc5)cc4C)n3c2cc1C.[CH3-].[Pt+2].[Y]. The van der Waals surface area contributed by atoms with Crippen LogP contribution in [-0.2, 0) is 53.8 Å². The van der Waals surface area contributed by atoms with Crippen molar-refractivity contribution in [2.75, 3.05) is 0 Å². The molecule has 0 saturated carbocycles. The van der Waals surface area contributed by atoms with Crippen LogP contribution in [0.4, 0.5) is 0 Å². The fraction of sp³-hybridized carbons (Fsp3) is 0.125. The van der Waals surface area contributed by atoms with Gasteiger partial charge in [-0.2, -0.15) is 0 Å². The molecule has 0 spiro atoms. The minimum atomic E-state index is 0. The first-order chi connectivity index (χ1) is 16.0. The number of pyridine rings is 1. The average molecular weight is 725 g/mol. The third kappa shape index (κ3) is 4.54. The van der Waals surface area contributed by atoms with Gasteiger partial charge in [0.1, 0.15) is 0 Å². The van der Waals surface area contributed by atoms with Crippen LogP contribution in [0.1, 0.15) is 22.3 Å². The molecule has 2 aromatic heterocycles. The zero-order valence-electron chi connectivity index (χ0n) is 21.3. The van der Waals surface area contributed by atoms with Crippen molar-refractivity contribution in [2.45, 2.75) is 27.7 Å². The molecule has 0 amide bonds. The molecule has 4 heteroatoms. The third-order valence-electron chi connectivity index (χ3n) is 6.88. The Balaban J connectivity index is 0.00000120. The van der Waals surface area contributed by atoms with E-state index in [4.69, 9.17) is 4.98 Å². The van der Waals surface area contributed by atoms with Gasteiger partial charge in [0.15, 0.2) is 0 Å². The second-order valence-electron chi connectivity index (χ2n) is 9.07. The van der Waals surface area contributed by atoms with Crippen molar-refractivity contribution in [3.63, 3.8) is 0 Å². The summed E-state index contributed by atoms with van der Waals surface area (Å²) in [5, 5.41) is 3.51. The summed E-state index contributed by atoms with van der Waals surface area (Å²) < 4.78 is 2.33. The second kappa shape index (κ2) is 11.1. The van der Waals surface area contributed by atoms with Crippen molar-refractivity contribution in [2.24, 2.45) is 0 Å². The Morgan fingerprint density at radius 1 is 0.722 bits per heavy atom. The standard InChI is InChI=1S/C31H25N2.CH3.Pt.Y/c1-19-16-27-25-12-8-9-13-26(25)31-32-18-29(33(31)28(27)17-20(19)2)30-21(3)14-24(15-22(30)4)23-10-6-5-7-11-23;;;/h5-12,14-18H,1-4H3;1H3;;/q2*-1;+2;. The van der Waals surface area contributed by atoms with Crippen LogP contribution in [0.5, 0.6) is 0 Å². The number of imidazole rings is 1. The second-order valence-corrected chi connectivity index (χ2v) is 9.07. The van der Waals surface area contributed by atoms with E-state index in [1.807, 2.05) is 12.3 Å². The zero-order valence-corrected chi connectivity index (χ0v) is 26.4. The van der Waals surface area contributed by atoms with Crippen molar-refractivity contribution in [1.29, 1.82) is 0 Å². The van der Waals surface area contributed by atoms with Gasteiger partial charge < -0.3 is 11.8 Å². The first kappa shape index (κ1) is 28.5. The van der Waals surface area contributed by atoms with Crippen molar-refractivity contribution < 1.29 is 53.8 Å². The first-order valence-electron chi connectivity index (χ1n) is 11.4. The smallest absolute Gasteiger partial charge is 0.358 e. The molecule has 2 nitrogen and oxygen atoms in total. The molecule has 0 saturated heterocycles. The molecule has 2 heterocycles. The molecule has 6 aromatic rings. The van der Waals surface area contributed by atoms with Crippen LogP contribution in [0.2, 0.25) is 0 Å². The maximum absolute atomic E-state index is 4.92. The molecule has 6 rings (SSSR count). The van der Waals surface area contributed by atoms with Gasteiger partial charge in [0.05, 0.1) is 11.3 Å². The Hall–Kier alpha value is -2.12. The number of aromatic nitrogens is 2. The van der Waals surface area contributed by atoms with Crippen LogP contribution in [0.3, 0.4) is 0 Å². The molecule has 4 aromatic carbocycles. The molecule has 0 aliphatic rings. The van der Waals surface area contributed by atoms with E-state index in [9.17, 15) is 0 Å². The van der Waals surface area contributed by atoms with Gasteiger partial charge >= 0.3 is 21.1 Å². The third-order valence-corrected chi connectivity index (χ3v) is 6.88. The molecular weight excluding hydrogens is 696 g/mol. The van der Waals surface area contributed by atoms with Gasteiger partial charge in [0.2, 0.25) is 0 Å². The monoisotopic (exact) mass is 724 g/mol. The van der Waals surface area contributed by atoms with Gasteiger partial charge in [0.25, 0.3) is 0 Å². The van der Waals surface area contributed by atoms with E-state index in [0.29, 0.717) is 0 Å². The summed E-state index contributed by atoms with van der Waals surface area (Å²) in [6, 6.07) is 29.5. The van der Waals surface area contributed by atoms with Gasteiger partial charge in [-0.1, -0.05) is 53.9 Å². The predicted octanol–water partition coefficient (Wildman–Crippen LogP) is 8.45. The number of fused-ring (bicyclic) bond motifs is 6. The minimum absolute atomic E-state index is 0. The molecule has 36 heavy (non-hydrogen) atoms. The van der Waals surface area contributed by atoms with Crippen LogP contribution >= 0.6 is 0 Å². The van der Waals surface area contributed by atoms with E-state index >= 15 is 0 Å². The molecule has 0 unspecified atom stereocenters. The van der Waals surface area contributed by atoms with Crippen molar-refractivity contribution in [3.05, 3.63) is 115 Å². The van der Waals surface area contributed by atoms with Gasteiger partial charge in [0, 0.05) is 50.0 Å². The minimum Gasteiger partial charge on any atom is -0.358 e. The van der Waals surface area contributed by atoms with E-state index in [2.05, 4.69) is 105 Å². The first-order valence-corrected chi connectivity index (χ1v) is 11.4. The molecule has 0 atom stereocenters. The van der Waals surface area contributed by atoms with Crippen molar-refractivity contribution in [3.8, 4) is 22.4 Å². The largest absolute Gasteiger partial charge is 2.00 e. The summed E-state index contributed by atoms with van der Waals surface area (Å²) in [5.74, 6) is 0.